The first-order valence-electron chi connectivity index (χ1n) is 20.3. The number of allylic oxidation sites excluding steroid dienone is 14. The summed E-state index contributed by atoms with van der Waals surface area (Å²) in [6, 6.07) is 0. The van der Waals surface area contributed by atoms with Gasteiger partial charge in [0.05, 0.1) is 25.9 Å². The second-order valence-corrected chi connectivity index (χ2v) is 14.6. The van der Waals surface area contributed by atoms with E-state index in [1.54, 1.807) is 6.08 Å². The number of carbonyl (C=O) groups is 2. The number of rotatable bonds is 36. The molecule has 0 aliphatic rings. The third kappa shape index (κ3) is 37.8. The van der Waals surface area contributed by atoms with Crippen molar-refractivity contribution in [2.24, 2.45) is 0 Å². The summed E-state index contributed by atoms with van der Waals surface area (Å²) in [6.07, 6.45) is 43.0. The van der Waals surface area contributed by atoms with Crippen LogP contribution in [0.2, 0.25) is 0 Å². The molecule has 4 atom stereocenters. The van der Waals surface area contributed by atoms with Crippen LogP contribution in [0.5, 0.6) is 0 Å². The first-order chi connectivity index (χ1) is 27.1. The number of carbonyl (C=O) groups excluding carboxylic acids is 2. The number of aliphatic hydroxyl groups is 3. The molecule has 2 unspecified atom stereocenters. The van der Waals surface area contributed by atoms with Gasteiger partial charge in [-0.3, -0.25) is 18.6 Å². The smallest absolute Gasteiger partial charge is 0.462 e. The molecule has 12 heteroatoms. The van der Waals surface area contributed by atoms with E-state index in [2.05, 4.69) is 60.1 Å². The van der Waals surface area contributed by atoms with Gasteiger partial charge >= 0.3 is 19.8 Å². The second-order valence-electron chi connectivity index (χ2n) is 13.1. The van der Waals surface area contributed by atoms with E-state index in [0.717, 1.165) is 51.4 Å². The fraction of sp³-hybridized carbons (Fsp3) is 0.591. The SMILES string of the molecule is CC/C=C\C(O)C/C=C/C=C\C/C=C\C/C=C\CCCC(=O)OC[C@H](COP(=O)(O)OC[C@@H](O)CO)OC(=O)CCCC/C=C\C/C=C\C/C=C\CCCCC. The third-order valence-electron chi connectivity index (χ3n) is 7.80. The topological polar surface area (TPSA) is 169 Å². The Morgan fingerprint density at radius 3 is 1.77 bits per heavy atom. The lowest BCUT2D eigenvalue weighted by Gasteiger charge is -2.20. The molecule has 0 aromatic heterocycles. The van der Waals surface area contributed by atoms with Crippen LogP contribution in [0.4, 0.5) is 0 Å². The molecular weight excluding hydrogens is 735 g/mol. The molecule has 0 amide bonds. The molecule has 4 N–H and O–H groups in total. The summed E-state index contributed by atoms with van der Waals surface area (Å²) in [5.74, 6) is -1.07. The molecule has 0 heterocycles. The average Bonchev–Trinajstić information content (AvgIpc) is 3.18. The monoisotopic (exact) mass is 806 g/mol. The maximum atomic E-state index is 12.6. The highest BCUT2D eigenvalue weighted by molar-refractivity contribution is 7.47. The van der Waals surface area contributed by atoms with Crippen molar-refractivity contribution in [3.8, 4) is 0 Å². The average molecular weight is 807 g/mol. The van der Waals surface area contributed by atoms with Crippen molar-refractivity contribution in [2.45, 2.75) is 141 Å². The molecule has 0 bridgehead atoms. The van der Waals surface area contributed by atoms with Gasteiger partial charge < -0.3 is 29.7 Å². The first-order valence-corrected chi connectivity index (χ1v) is 21.8. The van der Waals surface area contributed by atoms with E-state index in [-0.39, 0.29) is 19.4 Å². The van der Waals surface area contributed by atoms with Gasteiger partial charge in [0.25, 0.3) is 0 Å². The van der Waals surface area contributed by atoms with Crippen molar-refractivity contribution in [2.75, 3.05) is 26.4 Å². The zero-order valence-corrected chi connectivity index (χ0v) is 34.8. The lowest BCUT2D eigenvalue weighted by molar-refractivity contribution is -0.161. The number of esters is 2. The third-order valence-corrected chi connectivity index (χ3v) is 8.75. The van der Waals surface area contributed by atoms with Crippen LogP contribution in [-0.2, 0) is 32.7 Å². The summed E-state index contributed by atoms with van der Waals surface area (Å²) in [6.45, 7) is 1.95. The Balaban J connectivity index is 4.55. The molecule has 0 spiro atoms. The fourth-order valence-corrected chi connectivity index (χ4v) is 5.43. The van der Waals surface area contributed by atoms with E-state index >= 15 is 0 Å². The Bertz CT molecular complexity index is 1270. The fourth-order valence-electron chi connectivity index (χ4n) is 4.64. The highest BCUT2D eigenvalue weighted by Crippen LogP contribution is 2.43. The highest BCUT2D eigenvalue weighted by atomic mass is 31.2. The summed E-state index contributed by atoms with van der Waals surface area (Å²) in [4.78, 5) is 34.9. The van der Waals surface area contributed by atoms with Crippen LogP contribution >= 0.6 is 7.82 Å². The van der Waals surface area contributed by atoms with Crippen LogP contribution in [-0.4, -0.2) is 76.9 Å². The minimum atomic E-state index is -4.65. The van der Waals surface area contributed by atoms with E-state index in [1.807, 2.05) is 49.5 Å². The van der Waals surface area contributed by atoms with Crippen LogP contribution in [0.25, 0.3) is 0 Å². The lowest BCUT2D eigenvalue weighted by Crippen LogP contribution is -2.29. The van der Waals surface area contributed by atoms with Gasteiger partial charge in [0, 0.05) is 12.8 Å². The number of aliphatic hydroxyl groups excluding tert-OH is 3. The van der Waals surface area contributed by atoms with E-state index in [4.69, 9.17) is 19.1 Å². The van der Waals surface area contributed by atoms with Gasteiger partial charge in [0.2, 0.25) is 0 Å². The van der Waals surface area contributed by atoms with Gasteiger partial charge in [0.1, 0.15) is 12.7 Å². The number of hydrogen-bond donors (Lipinski definition) is 4. The van der Waals surface area contributed by atoms with Crippen molar-refractivity contribution < 1.29 is 52.9 Å². The normalized spacial score (nSPS) is 15.5. The highest BCUT2D eigenvalue weighted by Gasteiger charge is 2.27. The molecule has 0 aliphatic heterocycles. The quantitative estimate of drug-likeness (QED) is 0.0156. The number of hydrogen-bond acceptors (Lipinski definition) is 10. The van der Waals surface area contributed by atoms with Crippen molar-refractivity contribution in [3.05, 3.63) is 97.2 Å². The Hall–Kier alpha value is -3.15. The summed E-state index contributed by atoms with van der Waals surface area (Å²) >= 11 is 0. The number of unbranched alkanes of at least 4 members (excludes halogenated alkanes) is 6. The van der Waals surface area contributed by atoms with Crippen LogP contribution in [0.15, 0.2) is 97.2 Å². The van der Waals surface area contributed by atoms with Crippen LogP contribution < -0.4 is 0 Å². The van der Waals surface area contributed by atoms with Crippen molar-refractivity contribution in [1.29, 1.82) is 0 Å². The number of phosphoric acid groups is 1. The molecule has 318 valence electrons. The zero-order valence-electron chi connectivity index (χ0n) is 33.9. The molecule has 0 aromatic carbocycles. The Morgan fingerprint density at radius 2 is 1.16 bits per heavy atom. The van der Waals surface area contributed by atoms with E-state index < -0.39 is 57.9 Å². The van der Waals surface area contributed by atoms with Crippen molar-refractivity contribution >= 4 is 19.8 Å². The summed E-state index contributed by atoms with van der Waals surface area (Å²) in [5.41, 5.74) is 0. The molecule has 11 nitrogen and oxygen atoms in total. The summed E-state index contributed by atoms with van der Waals surface area (Å²) in [7, 11) is -4.65. The number of phosphoric ester groups is 1. The molecular formula is C44H71O11P. The summed E-state index contributed by atoms with van der Waals surface area (Å²) in [5, 5.41) is 28.0. The zero-order chi connectivity index (χ0) is 41.4. The standard InChI is InChI=1S/C44H71O11P/c1-3-5-7-8-9-10-11-12-13-14-19-22-25-28-31-35-44(49)55-42(39-54-56(50,51)53-37-41(47)36-45)38-52-43(48)34-30-27-24-21-18-16-15-17-20-23-26-29-33-40(46)32-6-4-2/h6,9-10,12-13,15-16,19-24,26,29,32,40-42,45-47H,3-5,7-8,11,14,17-18,25,27-28,30-31,33-39H2,1-2H3,(H,50,51)/b10-9-,13-12-,16-15-,22-19-,23-20-,24-21-,29-26+,32-6-/t40?,41-,42+/m0/s1. The summed E-state index contributed by atoms with van der Waals surface area (Å²) < 4.78 is 32.5. The minimum Gasteiger partial charge on any atom is -0.462 e. The van der Waals surface area contributed by atoms with E-state index in [1.165, 1.54) is 19.3 Å². The minimum absolute atomic E-state index is 0.109. The molecule has 0 rings (SSSR count). The second kappa shape index (κ2) is 38.7. The number of ether oxygens (including phenoxy) is 2. The van der Waals surface area contributed by atoms with Crippen molar-refractivity contribution in [3.63, 3.8) is 0 Å². The molecule has 0 saturated carbocycles. The molecule has 0 radical (unpaired) electrons. The van der Waals surface area contributed by atoms with Crippen molar-refractivity contribution in [1.82, 2.24) is 0 Å². The maximum absolute atomic E-state index is 12.6. The molecule has 0 aromatic rings. The molecule has 56 heavy (non-hydrogen) atoms. The predicted octanol–water partition coefficient (Wildman–Crippen LogP) is 9.41. The molecule has 0 fully saturated rings. The van der Waals surface area contributed by atoms with E-state index in [0.29, 0.717) is 25.7 Å². The van der Waals surface area contributed by atoms with Gasteiger partial charge in [-0.25, -0.2) is 4.57 Å². The Kier molecular flexibility index (Phi) is 36.5. The van der Waals surface area contributed by atoms with E-state index in [9.17, 15) is 29.3 Å². The van der Waals surface area contributed by atoms with Gasteiger partial charge in [-0.05, 0) is 83.5 Å². The Morgan fingerprint density at radius 1 is 0.625 bits per heavy atom. The van der Waals surface area contributed by atoms with Gasteiger partial charge in [-0.15, -0.1) is 0 Å². The predicted molar refractivity (Wildman–Crippen MR) is 225 cm³/mol. The molecule has 0 saturated heterocycles. The maximum Gasteiger partial charge on any atom is 0.472 e. The van der Waals surface area contributed by atoms with Crippen LogP contribution in [0, 0.1) is 0 Å². The first kappa shape index (κ1) is 52.9. The van der Waals surface area contributed by atoms with Crippen LogP contribution in [0.1, 0.15) is 123 Å². The van der Waals surface area contributed by atoms with Crippen LogP contribution in [0.3, 0.4) is 0 Å². The van der Waals surface area contributed by atoms with Gasteiger partial charge in [-0.2, -0.15) is 0 Å². The largest absolute Gasteiger partial charge is 0.472 e. The lowest BCUT2D eigenvalue weighted by atomic mass is 10.1. The Labute approximate surface area is 336 Å². The molecule has 0 aliphatic carbocycles. The van der Waals surface area contributed by atoms with Gasteiger partial charge in [0.15, 0.2) is 6.10 Å². The van der Waals surface area contributed by atoms with Gasteiger partial charge in [-0.1, -0.05) is 124 Å².